The highest BCUT2D eigenvalue weighted by atomic mass is 19.1. The van der Waals surface area contributed by atoms with E-state index >= 15 is 0 Å². The molecule has 11 heteroatoms. The van der Waals surface area contributed by atoms with E-state index in [1.807, 2.05) is 0 Å². The van der Waals surface area contributed by atoms with E-state index in [0.717, 1.165) is 0 Å². The Morgan fingerprint density at radius 1 is 0.793 bits per heavy atom. The summed E-state index contributed by atoms with van der Waals surface area (Å²) in [7, 11) is 0. The topological polar surface area (TPSA) is 125 Å². The maximum absolute atomic E-state index is 13.4. The Balaban J connectivity index is 3.15. The Morgan fingerprint density at radius 2 is 1.28 bits per heavy atom. The number of aliphatic hydroxyl groups excluding tert-OH is 1. The molecule has 0 fully saturated rings. The molecule has 0 aliphatic rings. The molecule has 0 saturated heterocycles. The first kappa shape index (κ1) is 27.6. The van der Waals surface area contributed by atoms with Crippen molar-refractivity contribution < 1.29 is 42.8 Å². The monoisotopic (exact) mass is 426 g/mol. The van der Waals surface area contributed by atoms with Gasteiger partial charge in [-0.25, -0.2) is 4.39 Å². The molecule has 0 bridgehead atoms. The molecule has 0 radical (unpaired) electrons. The van der Waals surface area contributed by atoms with Gasteiger partial charge in [0, 0.05) is 13.0 Å². The molecule has 0 saturated carbocycles. The fraction of sp³-hybridized carbons (Fsp3) is 0.889. The Hall–Kier alpha value is -1.37. The van der Waals surface area contributed by atoms with Crippen LogP contribution in [0.5, 0.6) is 0 Å². The molecule has 3 N–H and O–H groups in total. The largest absolute Gasteiger partial charge is 0.387 e. The second-order valence-corrected chi connectivity index (χ2v) is 5.79. The van der Waals surface area contributed by atoms with Crippen molar-refractivity contribution in [3.8, 4) is 0 Å². The molecule has 2 amide bonds. The van der Waals surface area contributed by atoms with Gasteiger partial charge in [-0.1, -0.05) is 6.92 Å². The molecule has 0 aromatic rings. The van der Waals surface area contributed by atoms with Crippen molar-refractivity contribution in [2.75, 3.05) is 85.8 Å². The number of hydrogen-bond acceptors (Lipinski definition) is 8. The summed E-state index contributed by atoms with van der Waals surface area (Å²) < 4.78 is 39.7. The third-order valence-electron chi connectivity index (χ3n) is 3.34. The third-order valence-corrected chi connectivity index (χ3v) is 3.34. The molecule has 29 heavy (non-hydrogen) atoms. The molecule has 172 valence electrons. The maximum Gasteiger partial charge on any atom is 0.245 e. The Bertz CT molecular complexity index is 404. The van der Waals surface area contributed by atoms with Crippen molar-refractivity contribution in [2.45, 2.75) is 19.5 Å². The number of halogens is 1. The van der Waals surface area contributed by atoms with E-state index < -0.39 is 18.7 Å². The zero-order chi connectivity index (χ0) is 21.6. The minimum absolute atomic E-state index is 0.0432. The molecule has 10 nitrogen and oxygen atoms in total. The van der Waals surface area contributed by atoms with Gasteiger partial charge in [0.2, 0.25) is 11.8 Å². The molecule has 0 spiro atoms. The first-order valence-corrected chi connectivity index (χ1v) is 9.77. The van der Waals surface area contributed by atoms with Crippen LogP contribution in [-0.4, -0.2) is 109 Å². The average molecular weight is 426 g/mol. The van der Waals surface area contributed by atoms with Crippen LogP contribution in [0.25, 0.3) is 0 Å². The van der Waals surface area contributed by atoms with Crippen LogP contribution in [0.4, 0.5) is 4.39 Å². The Labute approximate surface area is 171 Å². The number of nitrogens with one attached hydrogen (secondary N) is 2. The lowest BCUT2D eigenvalue weighted by Gasteiger charge is -2.10. The van der Waals surface area contributed by atoms with Crippen LogP contribution < -0.4 is 10.6 Å². The van der Waals surface area contributed by atoms with Crippen molar-refractivity contribution >= 4 is 11.8 Å². The van der Waals surface area contributed by atoms with Gasteiger partial charge < -0.3 is 39.4 Å². The molecule has 0 aromatic carbocycles. The normalized spacial score (nSPS) is 12.0. The highest BCUT2D eigenvalue weighted by Crippen LogP contribution is 1.92. The van der Waals surface area contributed by atoms with Gasteiger partial charge in [-0.15, -0.1) is 0 Å². The summed E-state index contributed by atoms with van der Waals surface area (Å²) >= 11 is 0. The van der Waals surface area contributed by atoms with Gasteiger partial charge in [-0.2, -0.15) is 0 Å². The van der Waals surface area contributed by atoms with Crippen molar-refractivity contribution in [3.63, 3.8) is 0 Å². The fourth-order valence-electron chi connectivity index (χ4n) is 1.82. The van der Waals surface area contributed by atoms with Crippen LogP contribution in [0.2, 0.25) is 0 Å². The van der Waals surface area contributed by atoms with Gasteiger partial charge in [0.05, 0.1) is 72.6 Å². The van der Waals surface area contributed by atoms with Gasteiger partial charge in [0.25, 0.3) is 0 Å². The highest BCUT2D eigenvalue weighted by Gasteiger charge is 2.07. The molecular weight excluding hydrogens is 391 g/mol. The second-order valence-electron chi connectivity index (χ2n) is 5.79. The van der Waals surface area contributed by atoms with Crippen LogP contribution in [0.15, 0.2) is 0 Å². The summed E-state index contributed by atoms with van der Waals surface area (Å²) in [5.74, 6) is -0.614. The van der Waals surface area contributed by atoms with E-state index in [9.17, 15) is 14.0 Å². The van der Waals surface area contributed by atoms with E-state index in [1.165, 1.54) is 0 Å². The molecule has 0 aliphatic heterocycles. The standard InChI is InChI=1S/C18H35FN2O8/c1-2-17(23)21-13-16(19)15-29-12-11-28-10-9-27-8-7-26-6-5-25-4-3-20-18(24)14-22/h16,22H,2-15H2,1H3,(H,20,24)(H,21,23). The van der Waals surface area contributed by atoms with Crippen molar-refractivity contribution in [1.29, 1.82) is 0 Å². The van der Waals surface area contributed by atoms with Gasteiger partial charge >= 0.3 is 0 Å². The predicted octanol–water partition coefficient (Wildman–Crippen LogP) is -0.958. The van der Waals surface area contributed by atoms with Gasteiger partial charge in [0.15, 0.2) is 0 Å². The van der Waals surface area contributed by atoms with Crippen LogP contribution >= 0.6 is 0 Å². The fourth-order valence-corrected chi connectivity index (χ4v) is 1.82. The lowest BCUT2D eigenvalue weighted by molar-refractivity contribution is -0.124. The quantitative estimate of drug-likeness (QED) is 0.201. The Morgan fingerprint density at radius 3 is 1.76 bits per heavy atom. The number of rotatable bonds is 21. The molecular formula is C18H35FN2O8. The van der Waals surface area contributed by atoms with Crippen LogP contribution in [0, 0.1) is 0 Å². The smallest absolute Gasteiger partial charge is 0.245 e. The van der Waals surface area contributed by atoms with E-state index in [2.05, 4.69) is 10.6 Å². The van der Waals surface area contributed by atoms with E-state index in [1.54, 1.807) is 6.92 Å². The first-order chi connectivity index (χ1) is 14.1. The third kappa shape index (κ3) is 21.2. The van der Waals surface area contributed by atoms with Crippen LogP contribution in [0.3, 0.4) is 0 Å². The Kier molecular flexibility index (Phi) is 20.3. The molecule has 0 aliphatic carbocycles. The van der Waals surface area contributed by atoms with Crippen molar-refractivity contribution in [3.05, 3.63) is 0 Å². The highest BCUT2D eigenvalue weighted by molar-refractivity contribution is 5.76. The number of alkyl halides is 1. The number of carbonyl (C=O) groups excluding carboxylic acids is 2. The molecule has 0 rings (SSSR count). The maximum atomic E-state index is 13.4. The molecule has 0 heterocycles. The number of aliphatic hydroxyl groups is 1. The number of ether oxygens (including phenoxy) is 5. The van der Waals surface area contributed by atoms with Gasteiger partial charge in [-0.05, 0) is 0 Å². The first-order valence-electron chi connectivity index (χ1n) is 9.77. The second kappa shape index (κ2) is 21.3. The summed E-state index contributed by atoms with van der Waals surface area (Å²) in [6, 6.07) is 0. The van der Waals surface area contributed by atoms with Crippen LogP contribution in [0.1, 0.15) is 13.3 Å². The molecule has 1 atom stereocenters. The van der Waals surface area contributed by atoms with Crippen LogP contribution in [-0.2, 0) is 33.3 Å². The van der Waals surface area contributed by atoms with Gasteiger partial charge in [0.1, 0.15) is 12.8 Å². The summed E-state index contributed by atoms with van der Waals surface area (Å²) in [5, 5.41) is 13.4. The van der Waals surface area contributed by atoms with E-state index in [-0.39, 0.29) is 25.7 Å². The molecule has 1 unspecified atom stereocenters. The minimum Gasteiger partial charge on any atom is -0.387 e. The predicted molar refractivity (Wildman–Crippen MR) is 102 cm³/mol. The SMILES string of the molecule is CCC(=O)NCC(F)COCCOCCOCCOCCOCCNC(=O)CO. The number of hydrogen-bond donors (Lipinski definition) is 3. The zero-order valence-electron chi connectivity index (χ0n) is 17.2. The van der Waals surface area contributed by atoms with Crippen molar-refractivity contribution in [2.24, 2.45) is 0 Å². The van der Waals surface area contributed by atoms with E-state index in [0.29, 0.717) is 65.8 Å². The number of carbonyl (C=O) groups is 2. The summed E-state index contributed by atoms with van der Waals surface area (Å²) in [6.07, 6.45) is -0.898. The molecule has 0 aromatic heterocycles. The van der Waals surface area contributed by atoms with E-state index in [4.69, 9.17) is 28.8 Å². The summed E-state index contributed by atoms with van der Waals surface area (Å²) in [6.45, 7) is 4.87. The lowest BCUT2D eigenvalue weighted by Crippen LogP contribution is -2.32. The lowest BCUT2D eigenvalue weighted by atomic mass is 10.4. The summed E-state index contributed by atoms with van der Waals surface area (Å²) in [4.78, 5) is 21.7. The minimum atomic E-state index is -1.23. The summed E-state index contributed by atoms with van der Waals surface area (Å²) in [5.41, 5.74) is 0. The average Bonchev–Trinajstić information content (AvgIpc) is 2.73. The van der Waals surface area contributed by atoms with Crippen molar-refractivity contribution in [1.82, 2.24) is 10.6 Å². The zero-order valence-corrected chi connectivity index (χ0v) is 17.2. The van der Waals surface area contributed by atoms with Gasteiger partial charge in [-0.3, -0.25) is 9.59 Å². The number of amides is 2.